The second-order valence-corrected chi connectivity index (χ2v) is 13.0. The SMILES string of the molecule is O=C(Nc1cccc(O)c1)Nc1cccc(OS(=O)(=O)c2cccc(S(=O)(=O)Oc3cccc(NC(=O)Nc4cccc(O)c4)c3)c2)c1. The normalized spacial score (nSPS) is 11.2. The Morgan fingerprint density at radius 2 is 0.792 bits per heavy atom. The molecule has 0 saturated carbocycles. The van der Waals surface area contributed by atoms with Crippen molar-refractivity contribution in [1.29, 1.82) is 0 Å². The average Bonchev–Trinajstić information content (AvgIpc) is 3.01. The second kappa shape index (κ2) is 14.0. The lowest BCUT2D eigenvalue weighted by Gasteiger charge is -2.12. The fourth-order valence-corrected chi connectivity index (χ4v) is 6.15. The number of urea groups is 2. The van der Waals surface area contributed by atoms with E-state index in [0.717, 1.165) is 18.2 Å². The Morgan fingerprint density at radius 3 is 1.17 bits per heavy atom. The van der Waals surface area contributed by atoms with E-state index in [1.807, 2.05) is 0 Å². The van der Waals surface area contributed by atoms with E-state index in [2.05, 4.69) is 21.3 Å². The van der Waals surface area contributed by atoms with E-state index < -0.39 is 42.1 Å². The molecule has 16 heteroatoms. The first-order valence-electron chi connectivity index (χ1n) is 13.8. The van der Waals surface area contributed by atoms with Crippen molar-refractivity contribution in [3.63, 3.8) is 0 Å². The van der Waals surface area contributed by atoms with Crippen LogP contribution < -0.4 is 29.6 Å². The zero-order chi connectivity index (χ0) is 34.3. The van der Waals surface area contributed by atoms with Gasteiger partial charge in [0, 0.05) is 47.0 Å². The number of carbonyl (C=O) groups excluding carboxylic acids is 2. The van der Waals surface area contributed by atoms with Crippen molar-refractivity contribution in [2.75, 3.05) is 21.3 Å². The summed E-state index contributed by atoms with van der Waals surface area (Å²) < 4.78 is 62.8. The average molecular weight is 691 g/mol. The molecule has 0 saturated heterocycles. The van der Waals surface area contributed by atoms with E-state index in [1.165, 1.54) is 91.0 Å². The first kappa shape index (κ1) is 33.1. The third kappa shape index (κ3) is 8.93. The molecule has 5 aromatic carbocycles. The third-order valence-corrected chi connectivity index (χ3v) is 8.67. The third-order valence-electron chi connectivity index (χ3n) is 6.19. The van der Waals surface area contributed by atoms with Crippen molar-refractivity contribution >= 4 is 55.0 Å². The molecule has 0 spiro atoms. The highest BCUT2D eigenvalue weighted by Gasteiger charge is 2.23. The molecule has 14 nitrogen and oxygen atoms in total. The Kier molecular flexibility index (Phi) is 9.67. The van der Waals surface area contributed by atoms with E-state index in [1.54, 1.807) is 12.1 Å². The van der Waals surface area contributed by atoms with Crippen LogP contribution >= 0.6 is 0 Å². The summed E-state index contributed by atoms with van der Waals surface area (Å²) in [6, 6.07) is 25.7. The quantitative estimate of drug-likeness (QED) is 0.0953. The largest absolute Gasteiger partial charge is 0.508 e. The van der Waals surface area contributed by atoms with Crippen LogP contribution in [0.2, 0.25) is 0 Å². The summed E-state index contributed by atoms with van der Waals surface area (Å²) in [6.07, 6.45) is 0. The van der Waals surface area contributed by atoms with Crippen LogP contribution in [0.25, 0.3) is 0 Å². The fourth-order valence-electron chi connectivity index (χ4n) is 4.14. The van der Waals surface area contributed by atoms with Gasteiger partial charge in [0.25, 0.3) is 0 Å². The minimum atomic E-state index is -4.56. The number of anilines is 4. The minimum Gasteiger partial charge on any atom is -0.508 e. The van der Waals surface area contributed by atoms with Gasteiger partial charge in [0.15, 0.2) is 0 Å². The van der Waals surface area contributed by atoms with Gasteiger partial charge in [-0.15, -0.1) is 0 Å². The van der Waals surface area contributed by atoms with Crippen LogP contribution in [0.3, 0.4) is 0 Å². The molecule has 5 rings (SSSR count). The summed E-state index contributed by atoms with van der Waals surface area (Å²) in [5.74, 6) is -0.445. The molecular formula is C32H26N4O10S2. The molecule has 0 aliphatic heterocycles. The molecule has 5 aromatic rings. The monoisotopic (exact) mass is 690 g/mol. The summed E-state index contributed by atoms with van der Waals surface area (Å²) in [5.41, 5.74) is 0.996. The Bertz CT molecular complexity index is 2060. The number of benzene rings is 5. The molecule has 0 heterocycles. The molecule has 6 N–H and O–H groups in total. The topological polar surface area (TPSA) is 209 Å². The Hall–Kier alpha value is -6.26. The highest BCUT2D eigenvalue weighted by molar-refractivity contribution is 7.88. The van der Waals surface area contributed by atoms with Crippen molar-refractivity contribution < 1.29 is 45.0 Å². The molecule has 0 fully saturated rings. The molecule has 0 bridgehead atoms. The van der Waals surface area contributed by atoms with Gasteiger partial charge in [0.2, 0.25) is 0 Å². The van der Waals surface area contributed by atoms with Crippen LogP contribution in [0.4, 0.5) is 32.3 Å². The molecule has 246 valence electrons. The number of amides is 4. The van der Waals surface area contributed by atoms with Gasteiger partial charge in [0.1, 0.15) is 32.8 Å². The van der Waals surface area contributed by atoms with Gasteiger partial charge in [-0.2, -0.15) is 16.8 Å². The Balaban J connectivity index is 1.24. The first-order chi connectivity index (χ1) is 22.8. The molecular weight excluding hydrogens is 665 g/mol. The zero-order valence-corrected chi connectivity index (χ0v) is 26.2. The van der Waals surface area contributed by atoms with E-state index >= 15 is 0 Å². The number of nitrogens with one attached hydrogen (secondary N) is 4. The summed E-state index contributed by atoms with van der Waals surface area (Å²) in [5, 5.41) is 29.2. The smallest absolute Gasteiger partial charge is 0.339 e. The Labute approximate surface area is 274 Å². The van der Waals surface area contributed by atoms with Crippen LogP contribution in [0, 0.1) is 0 Å². The highest BCUT2D eigenvalue weighted by Crippen LogP contribution is 2.27. The van der Waals surface area contributed by atoms with Crippen molar-refractivity contribution in [2.45, 2.75) is 9.79 Å². The van der Waals surface area contributed by atoms with Crippen molar-refractivity contribution in [3.8, 4) is 23.0 Å². The van der Waals surface area contributed by atoms with Gasteiger partial charge in [-0.25, -0.2) is 9.59 Å². The van der Waals surface area contributed by atoms with Crippen molar-refractivity contribution in [2.24, 2.45) is 0 Å². The minimum absolute atomic E-state index is 0.0485. The van der Waals surface area contributed by atoms with Gasteiger partial charge in [0.05, 0.1) is 0 Å². The van der Waals surface area contributed by atoms with Crippen LogP contribution in [0.5, 0.6) is 23.0 Å². The van der Waals surface area contributed by atoms with E-state index in [9.17, 15) is 36.6 Å². The summed E-state index contributed by atoms with van der Waals surface area (Å²) in [7, 11) is -9.12. The molecule has 0 radical (unpaired) electrons. The van der Waals surface area contributed by atoms with Gasteiger partial charge in [-0.05, 0) is 66.7 Å². The number of phenolic OH excluding ortho intramolecular Hbond substituents is 2. The number of rotatable bonds is 10. The number of phenols is 2. The number of carbonyl (C=O) groups is 2. The summed E-state index contributed by atoms with van der Waals surface area (Å²) in [6.45, 7) is 0. The Morgan fingerprint density at radius 1 is 0.458 bits per heavy atom. The maximum atomic E-state index is 13.1. The first-order valence-corrected chi connectivity index (χ1v) is 16.6. The molecule has 0 aliphatic carbocycles. The van der Waals surface area contributed by atoms with Gasteiger partial charge >= 0.3 is 32.3 Å². The predicted octanol–water partition coefficient (Wildman–Crippen LogP) is 5.92. The number of hydrogen-bond donors (Lipinski definition) is 6. The van der Waals surface area contributed by atoms with E-state index in [4.69, 9.17) is 8.37 Å². The molecule has 48 heavy (non-hydrogen) atoms. The number of aromatic hydroxyl groups is 2. The van der Waals surface area contributed by atoms with Crippen molar-refractivity contribution in [1.82, 2.24) is 0 Å². The van der Waals surface area contributed by atoms with Crippen molar-refractivity contribution in [3.05, 3.63) is 121 Å². The van der Waals surface area contributed by atoms with Crippen LogP contribution in [0.15, 0.2) is 131 Å². The van der Waals surface area contributed by atoms with Crippen LogP contribution in [-0.2, 0) is 20.2 Å². The number of hydrogen-bond acceptors (Lipinski definition) is 10. The van der Waals surface area contributed by atoms with Gasteiger partial charge < -0.3 is 39.8 Å². The molecule has 0 aromatic heterocycles. The lowest BCUT2D eigenvalue weighted by Crippen LogP contribution is -2.19. The fraction of sp³-hybridized carbons (Fsp3) is 0. The molecule has 0 aliphatic rings. The maximum Gasteiger partial charge on any atom is 0.339 e. The van der Waals surface area contributed by atoms with Crippen LogP contribution in [-0.4, -0.2) is 39.1 Å². The molecule has 4 amide bonds. The summed E-state index contributed by atoms with van der Waals surface area (Å²) >= 11 is 0. The van der Waals surface area contributed by atoms with Crippen LogP contribution in [0.1, 0.15) is 0 Å². The maximum absolute atomic E-state index is 13.1. The standard InChI is InChI=1S/C32H26N4O10S2/c37-25-10-1-6-21(16-25)33-31(39)35-23-8-3-12-27(18-23)45-47(41,42)29-14-5-15-30(20-29)48(43,44)46-28-13-4-9-24(19-28)36-32(40)34-22-7-2-11-26(38)17-22/h1-20,37-38H,(H2,33,35,39)(H2,34,36,40). The van der Waals surface area contributed by atoms with E-state index in [0.29, 0.717) is 11.4 Å². The predicted molar refractivity (Wildman–Crippen MR) is 176 cm³/mol. The summed E-state index contributed by atoms with van der Waals surface area (Å²) in [4.78, 5) is 23.7. The zero-order valence-electron chi connectivity index (χ0n) is 24.5. The van der Waals surface area contributed by atoms with Gasteiger partial charge in [-0.1, -0.05) is 30.3 Å². The highest BCUT2D eigenvalue weighted by atomic mass is 32.2. The second-order valence-electron chi connectivity index (χ2n) is 9.86. The lowest BCUT2D eigenvalue weighted by atomic mass is 10.3. The molecule has 0 unspecified atom stereocenters. The van der Waals surface area contributed by atoms with Gasteiger partial charge in [-0.3, -0.25) is 0 Å². The lowest BCUT2D eigenvalue weighted by molar-refractivity contribution is 0.261. The van der Waals surface area contributed by atoms with E-state index in [-0.39, 0.29) is 34.4 Å². The molecule has 0 atom stereocenters.